The lowest BCUT2D eigenvalue weighted by Gasteiger charge is -2.26. The number of thioether (sulfide) groups is 1. The molecule has 1 aromatic heterocycles. The molecule has 9 heteroatoms. The number of benzene rings is 1. The predicted molar refractivity (Wildman–Crippen MR) is 85.8 cm³/mol. The van der Waals surface area contributed by atoms with Crippen LogP contribution < -0.4 is 15.4 Å². The lowest BCUT2D eigenvalue weighted by atomic mass is 10.1. The number of nitrogens with zero attached hydrogens (tertiary/aromatic N) is 3. The zero-order chi connectivity index (χ0) is 16.6. The largest absolute Gasteiger partial charge is 0.482 e. The van der Waals surface area contributed by atoms with Crippen LogP contribution in [0, 0.1) is 0 Å². The van der Waals surface area contributed by atoms with Crippen LogP contribution in [-0.2, 0) is 4.79 Å². The minimum atomic E-state index is -0.395. The summed E-state index contributed by atoms with van der Waals surface area (Å²) in [6, 6.07) is 5.06. The van der Waals surface area contributed by atoms with Gasteiger partial charge in [0.15, 0.2) is 12.4 Å². The molecule has 1 atom stereocenters. The quantitative estimate of drug-likeness (QED) is 0.636. The molecule has 0 bridgehead atoms. The Morgan fingerprint density at radius 2 is 2.30 bits per heavy atom. The number of rotatable bonds is 4. The van der Waals surface area contributed by atoms with Crippen molar-refractivity contribution in [3.63, 3.8) is 0 Å². The number of amides is 1. The van der Waals surface area contributed by atoms with E-state index < -0.39 is 5.25 Å². The van der Waals surface area contributed by atoms with Crippen LogP contribution in [0.2, 0.25) is 0 Å². The van der Waals surface area contributed by atoms with Crippen molar-refractivity contribution in [3.05, 3.63) is 23.8 Å². The zero-order valence-corrected chi connectivity index (χ0v) is 13.4. The number of aromatic nitrogens is 3. The van der Waals surface area contributed by atoms with Crippen LogP contribution in [0.5, 0.6) is 5.75 Å². The highest BCUT2D eigenvalue weighted by Crippen LogP contribution is 2.33. The molecule has 0 aliphatic carbocycles. The Balaban J connectivity index is 1.81. The summed E-state index contributed by atoms with van der Waals surface area (Å²) in [5.74, 6) is 0.553. The van der Waals surface area contributed by atoms with Crippen molar-refractivity contribution in [2.24, 2.45) is 0 Å². The van der Waals surface area contributed by atoms with Crippen molar-refractivity contribution in [2.75, 3.05) is 24.3 Å². The van der Waals surface area contributed by atoms with E-state index in [1.807, 2.05) is 0 Å². The molecule has 0 fully saturated rings. The van der Waals surface area contributed by atoms with Gasteiger partial charge in [-0.05, 0) is 25.1 Å². The van der Waals surface area contributed by atoms with E-state index in [4.69, 9.17) is 10.5 Å². The maximum absolute atomic E-state index is 12.6. The summed E-state index contributed by atoms with van der Waals surface area (Å²) in [6.07, 6.45) is 0. The average molecular weight is 333 g/mol. The number of H-pyrrole nitrogens is 1. The molecule has 8 nitrogen and oxygen atoms in total. The molecule has 0 saturated heterocycles. The second-order valence-electron chi connectivity index (χ2n) is 5.05. The van der Waals surface area contributed by atoms with Crippen molar-refractivity contribution in [3.8, 4) is 5.75 Å². The van der Waals surface area contributed by atoms with Gasteiger partial charge in [0.2, 0.25) is 11.1 Å². The average Bonchev–Trinajstić information content (AvgIpc) is 2.95. The number of likely N-dealkylation sites (N-methyl/N-ethyl adjacent to an activating group) is 1. The monoisotopic (exact) mass is 333 g/mol. The molecule has 23 heavy (non-hydrogen) atoms. The highest BCUT2D eigenvalue weighted by molar-refractivity contribution is 8.00. The van der Waals surface area contributed by atoms with Gasteiger partial charge in [-0.15, -0.1) is 5.10 Å². The first-order chi connectivity index (χ1) is 11.0. The summed E-state index contributed by atoms with van der Waals surface area (Å²) in [5, 5.41) is 6.45. The number of Topliss-reactive ketones (excluding diaryl/α,β-unsaturated/α-hetero) is 1. The first-order valence-corrected chi connectivity index (χ1v) is 7.76. The van der Waals surface area contributed by atoms with Crippen molar-refractivity contribution in [1.29, 1.82) is 0 Å². The normalized spacial score (nSPS) is 15.0. The third-order valence-electron chi connectivity index (χ3n) is 3.46. The molecular formula is C14H15N5O3S. The summed E-state index contributed by atoms with van der Waals surface area (Å²) >= 11 is 1.21. The minimum Gasteiger partial charge on any atom is -0.482 e. The molecule has 0 saturated carbocycles. The second kappa shape index (κ2) is 5.92. The number of hydrogen-bond acceptors (Lipinski definition) is 7. The molecule has 1 amide bonds. The number of ether oxygens (including phenoxy) is 1. The van der Waals surface area contributed by atoms with E-state index >= 15 is 0 Å². The molecule has 2 aromatic rings. The third-order valence-corrected chi connectivity index (χ3v) is 4.42. The SMILES string of the molecule is CC(Sc1n[nH]c(N)n1)C(=O)c1ccc2c(c1)N(C)C(=O)CO2. The molecule has 120 valence electrons. The van der Waals surface area contributed by atoms with Gasteiger partial charge in [-0.25, -0.2) is 5.10 Å². The van der Waals surface area contributed by atoms with E-state index in [2.05, 4.69) is 15.2 Å². The first kappa shape index (κ1) is 15.3. The Morgan fingerprint density at radius 1 is 1.52 bits per heavy atom. The number of nitrogens with two attached hydrogens (primary N) is 1. The van der Waals surface area contributed by atoms with Gasteiger partial charge in [0.1, 0.15) is 5.75 Å². The molecular weight excluding hydrogens is 318 g/mol. The predicted octanol–water partition coefficient (Wildman–Crippen LogP) is 1.11. The van der Waals surface area contributed by atoms with Crippen LogP contribution in [0.15, 0.2) is 23.4 Å². The molecule has 2 heterocycles. The number of aromatic amines is 1. The summed E-state index contributed by atoms with van der Waals surface area (Å²) in [5.41, 5.74) is 6.55. The molecule has 1 aromatic carbocycles. The Bertz CT molecular complexity index is 776. The van der Waals surface area contributed by atoms with Gasteiger partial charge >= 0.3 is 0 Å². The fourth-order valence-electron chi connectivity index (χ4n) is 2.18. The Morgan fingerprint density at radius 3 is 3.00 bits per heavy atom. The summed E-state index contributed by atoms with van der Waals surface area (Å²) in [4.78, 5) is 29.7. The molecule has 0 spiro atoms. The number of nitrogen functional groups attached to an aromatic ring is 1. The van der Waals surface area contributed by atoms with Gasteiger partial charge in [-0.3, -0.25) is 9.59 Å². The molecule has 1 aliphatic heterocycles. The minimum absolute atomic E-state index is 0.00922. The molecule has 1 unspecified atom stereocenters. The van der Waals surface area contributed by atoms with Gasteiger partial charge in [0, 0.05) is 12.6 Å². The van der Waals surface area contributed by atoms with Crippen molar-refractivity contribution in [1.82, 2.24) is 15.2 Å². The van der Waals surface area contributed by atoms with Gasteiger partial charge < -0.3 is 15.4 Å². The molecule has 1 aliphatic rings. The number of anilines is 2. The van der Waals surface area contributed by atoms with Crippen molar-refractivity contribution < 1.29 is 14.3 Å². The Hall–Kier alpha value is -2.55. The van der Waals surface area contributed by atoms with Crippen molar-refractivity contribution >= 4 is 35.1 Å². The van der Waals surface area contributed by atoms with Crippen LogP contribution in [0.4, 0.5) is 11.6 Å². The van der Waals surface area contributed by atoms with E-state index in [-0.39, 0.29) is 24.2 Å². The fourth-order valence-corrected chi connectivity index (χ4v) is 2.99. The lowest BCUT2D eigenvalue weighted by Crippen LogP contribution is -2.35. The maximum atomic E-state index is 12.6. The topological polar surface area (TPSA) is 114 Å². The number of nitrogens with one attached hydrogen (secondary N) is 1. The number of ketones is 1. The van der Waals surface area contributed by atoms with E-state index in [9.17, 15) is 9.59 Å². The van der Waals surface area contributed by atoms with Gasteiger partial charge in [-0.2, -0.15) is 4.98 Å². The highest BCUT2D eigenvalue weighted by atomic mass is 32.2. The summed E-state index contributed by atoms with van der Waals surface area (Å²) < 4.78 is 5.35. The van der Waals surface area contributed by atoms with Gasteiger partial charge in [0.25, 0.3) is 5.91 Å². The summed E-state index contributed by atoms with van der Waals surface area (Å²) in [6.45, 7) is 1.78. The Labute approximate surface area is 136 Å². The van der Waals surface area contributed by atoms with Crippen LogP contribution in [0.25, 0.3) is 0 Å². The Kier molecular flexibility index (Phi) is 3.95. The number of carbonyl (C=O) groups is 2. The number of fused-ring (bicyclic) bond motifs is 1. The van der Waals surface area contributed by atoms with Crippen molar-refractivity contribution in [2.45, 2.75) is 17.3 Å². The number of carbonyl (C=O) groups excluding carboxylic acids is 2. The first-order valence-electron chi connectivity index (χ1n) is 6.88. The highest BCUT2D eigenvalue weighted by Gasteiger charge is 2.25. The molecule has 3 rings (SSSR count). The standard InChI is InChI=1S/C14H15N5O3S/c1-7(23-14-16-13(15)17-18-14)12(21)8-3-4-10-9(5-8)19(2)11(20)6-22-10/h3-5,7H,6H2,1-2H3,(H3,15,16,17,18). The molecule has 0 radical (unpaired) electrons. The van der Waals surface area contributed by atoms with Gasteiger partial charge in [-0.1, -0.05) is 11.8 Å². The zero-order valence-electron chi connectivity index (χ0n) is 12.6. The summed E-state index contributed by atoms with van der Waals surface area (Å²) in [7, 11) is 1.66. The smallest absolute Gasteiger partial charge is 0.264 e. The van der Waals surface area contributed by atoms with E-state index in [0.717, 1.165) is 0 Å². The van der Waals surface area contributed by atoms with E-state index in [0.29, 0.717) is 22.2 Å². The van der Waals surface area contributed by atoms with Crippen LogP contribution >= 0.6 is 11.8 Å². The molecule has 3 N–H and O–H groups in total. The van der Waals surface area contributed by atoms with E-state index in [1.165, 1.54) is 16.7 Å². The maximum Gasteiger partial charge on any atom is 0.264 e. The van der Waals surface area contributed by atoms with Crippen LogP contribution in [-0.4, -0.2) is 45.8 Å². The fraction of sp³-hybridized carbons (Fsp3) is 0.286. The van der Waals surface area contributed by atoms with Gasteiger partial charge in [0.05, 0.1) is 10.9 Å². The van der Waals surface area contributed by atoms with Crippen LogP contribution in [0.1, 0.15) is 17.3 Å². The third kappa shape index (κ3) is 3.00. The van der Waals surface area contributed by atoms with Crippen LogP contribution in [0.3, 0.4) is 0 Å². The lowest BCUT2D eigenvalue weighted by molar-refractivity contribution is -0.120. The second-order valence-corrected chi connectivity index (χ2v) is 6.36. The van der Waals surface area contributed by atoms with E-state index in [1.54, 1.807) is 32.2 Å². The number of hydrogen-bond donors (Lipinski definition) is 2.